The van der Waals surface area contributed by atoms with E-state index >= 15 is 0 Å². The highest BCUT2D eigenvalue weighted by Crippen LogP contribution is 2.21. The van der Waals surface area contributed by atoms with Crippen molar-refractivity contribution in [3.8, 4) is 17.2 Å². The molecule has 0 radical (unpaired) electrons. The summed E-state index contributed by atoms with van der Waals surface area (Å²) in [6.07, 6.45) is 0. The molecule has 0 bridgehead atoms. The maximum absolute atomic E-state index is 11.1. The van der Waals surface area contributed by atoms with Crippen molar-refractivity contribution >= 4 is 5.91 Å². The van der Waals surface area contributed by atoms with Crippen LogP contribution in [0.5, 0.6) is 5.75 Å². The summed E-state index contributed by atoms with van der Waals surface area (Å²) < 4.78 is 10.7. The molecule has 0 saturated heterocycles. The number of hydroxylamine groups is 1. The van der Waals surface area contributed by atoms with Crippen molar-refractivity contribution in [3.05, 3.63) is 30.2 Å². The van der Waals surface area contributed by atoms with Crippen LogP contribution in [0.4, 0.5) is 0 Å². The first-order valence-electron chi connectivity index (χ1n) is 6.11. The Morgan fingerprint density at radius 3 is 2.65 bits per heavy atom. The molecule has 2 aromatic rings. The van der Waals surface area contributed by atoms with Crippen LogP contribution in [0.25, 0.3) is 11.5 Å². The minimum Gasteiger partial charge on any atom is -0.493 e. The number of hydrogen-bond acceptors (Lipinski definition) is 6. The second-order valence-corrected chi connectivity index (χ2v) is 4.58. The van der Waals surface area contributed by atoms with Crippen molar-refractivity contribution in [2.45, 2.75) is 13.8 Å². The summed E-state index contributed by atoms with van der Waals surface area (Å²) in [4.78, 5) is 11.1. The molecule has 0 aliphatic rings. The van der Waals surface area contributed by atoms with Crippen molar-refractivity contribution in [2.24, 2.45) is 5.92 Å². The molecule has 0 fully saturated rings. The standard InChI is InChI=1S/C13H15N3O4/c1-8(2)7-19-10-5-3-9(4-6-10)12-14-15-13(20-12)11(17)16-18/h3-6,8,18H,7H2,1-2H3,(H,16,17). The molecule has 1 heterocycles. The number of amides is 1. The van der Waals surface area contributed by atoms with Crippen LogP contribution in [-0.2, 0) is 0 Å². The van der Waals surface area contributed by atoms with Gasteiger partial charge in [-0.2, -0.15) is 0 Å². The maximum Gasteiger partial charge on any atom is 0.332 e. The van der Waals surface area contributed by atoms with E-state index < -0.39 is 5.91 Å². The van der Waals surface area contributed by atoms with Gasteiger partial charge in [-0.05, 0) is 30.2 Å². The first-order chi connectivity index (χ1) is 9.60. The normalized spacial score (nSPS) is 10.6. The lowest BCUT2D eigenvalue weighted by Gasteiger charge is -2.08. The Kier molecular flexibility index (Phi) is 4.31. The molecule has 2 N–H and O–H groups in total. The van der Waals surface area contributed by atoms with Gasteiger partial charge in [0.05, 0.1) is 6.61 Å². The molecule has 1 aromatic heterocycles. The number of hydrogen-bond donors (Lipinski definition) is 2. The van der Waals surface area contributed by atoms with Crippen LogP contribution in [0.3, 0.4) is 0 Å². The van der Waals surface area contributed by atoms with Crippen LogP contribution in [0.2, 0.25) is 0 Å². The van der Waals surface area contributed by atoms with E-state index in [0.717, 1.165) is 5.75 Å². The summed E-state index contributed by atoms with van der Waals surface area (Å²) in [5, 5.41) is 15.7. The predicted octanol–water partition coefficient (Wildman–Crippen LogP) is 1.89. The average Bonchev–Trinajstić information content (AvgIpc) is 2.94. The summed E-state index contributed by atoms with van der Waals surface area (Å²) >= 11 is 0. The quantitative estimate of drug-likeness (QED) is 0.639. The van der Waals surface area contributed by atoms with Crippen LogP contribution >= 0.6 is 0 Å². The van der Waals surface area contributed by atoms with E-state index in [1.807, 2.05) is 0 Å². The monoisotopic (exact) mass is 277 g/mol. The second-order valence-electron chi connectivity index (χ2n) is 4.58. The molecule has 0 saturated carbocycles. The minimum absolute atomic E-state index is 0.194. The van der Waals surface area contributed by atoms with Gasteiger partial charge in [0.25, 0.3) is 0 Å². The van der Waals surface area contributed by atoms with E-state index in [1.54, 1.807) is 24.3 Å². The fourth-order valence-electron chi connectivity index (χ4n) is 1.44. The Labute approximate surface area is 115 Å². The number of nitrogens with zero attached hydrogens (tertiary/aromatic N) is 2. The maximum atomic E-state index is 11.1. The zero-order valence-electron chi connectivity index (χ0n) is 11.2. The summed E-state index contributed by atoms with van der Waals surface area (Å²) in [5.41, 5.74) is 2.09. The van der Waals surface area contributed by atoms with E-state index in [1.165, 1.54) is 5.48 Å². The molecule has 0 atom stereocenters. The molecular weight excluding hydrogens is 262 g/mol. The average molecular weight is 277 g/mol. The van der Waals surface area contributed by atoms with Crippen LogP contribution < -0.4 is 10.2 Å². The number of carbonyl (C=O) groups excluding carboxylic acids is 1. The van der Waals surface area contributed by atoms with Crippen molar-refractivity contribution in [3.63, 3.8) is 0 Å². The van der Waals surface area contributed by atoms with Gasteiger partial charge < -0.3 is 9.15 Å². The van der Waals surface area contributed by atoms with Gasteiger partial charge in [-0.3, -0.25) is 10.0 Å². The van der Waals surface area contributed by atoms with Gasteiger partial charge in [0.2, 0.25) is 5.89 Å². The minimum atomic E-state index is -0.847. The van der Waals surface area contributed by atoms with Gasteiger partial charge in [0.15, 0.2) is 0 Å². The fourth-order valence-corrected chi connectivity index (χ4v) is 1.44. The van der Waals surface area contributed by atoms with E-state index in [0.29, 0.717) is 18.1 Å². The molecule has 1 aromatic carbocycles. The summed E-state index contributed by atoms with van der Waals surface area (Å²) in [6, 6.07) is 7.08. The molecule has 7 heteroatoms. The summed E-state index contributed by atoms with van der Waals surface area (Å²) in [7, 11) is 0. The molecule has 20 heavy (non-hydrogen) atoms. The Balaban J connectivity index is 2.09. The molecule has 0 spiro atoms. The molecule has 0 aliphatic heterocycles. The van der Waals surface area contributed by atoms with Gasteiger partial charge in [-0.1, -0.05) is 13.8 Å². The van der Waals surface area contributed by atoms with Crippen LogP contribution in [0.1, 0.15) is 24.5 Å². The molecule has 0 aliphatic carbocycles. The molecule has 106 valence electrons. The molecule has 2 rings (SSSR count). The molecule has 1 amide bonds. The summed E-state index contributed by atoms with van der Waals surface area (Å²) in [6.45, 7) is 4.78. The Bertz CT molecular complexity index is 578. The van der Waals surface area contributed by atoms with E-state index in [9.17, 15) is 4.79 Å². The number of carbonyl (C=O) groups is 1. The lowest BCUT2D eigenvalue weighted by molar-refractivity contribution is 0.0669. The third-order valence-corrected chi connectivity index (χ3v) is 2.41. The third kappa shape index (κ3) is 3.33. The number of ether oxygens (including phenoxy) is 1. The van der Waals surface area contributed by atoms with Crippen LogP contribution in [0, 0.1) is 5.92 Å². The third-order valence-electron chi connectivity index (χ3n) is 2.41. The van der Waals surface area contributed by atoms with Gasteiger partial charge >= 0.3 is 11.8 Å². The number of rotatable bonds is 5. The van der Waals surface area contributed by atoms with Crippen molar-refractivity contribution in [1.82, 2.24) is 15.7 Å². The largest absolute Gasteiger partial charge is 0.493 e. The molecule has 7 nitrogen and oxygen atoms in total. The Morgan fingerprint density at radius 1 is 1.35 bits per heavy atom. The fraction of sp³-hybridized carbons (Fsp3) is 0.308. The smallest absolute Gasteiger partial charge is 0.332 e. The van der Waals surface area contributed by atoms with Gasteiger partial charge in [0, 0.05) is 5.56 Å². The van der Waals surface area contributed by atoms with Gasteiger partial charge in [-0.25, -0.2) is 5.48 Å². The first-order valence-corrected chi connectivity index (χ1v) is 6.11. The SMILES string of the molecule is CC(C)COc1ccc(-c2nnc(C(=O)NO)o2)cc1. The zero-order valence-corrected chi connectivity index (χ0v) is 11.2. The highest BCUT2D eigenvalue weighted by molar-refractivity contribution is 5.88. The molecule has 0 unspecified atom stereocenters. The highest BCUT2D eigenvalue weighted by atomic mass is 16.5. The van der Waals surface area contributed by atoms with Crippen LogP contribution in [-0.4, -0.2) is 27.9 Å². The van der Waals surface area contributed by atoms with E-state index in [4.69, 9.17) is 14.4 Å². The highest BCUT2D eigenvalue weighted by Gasteiger charge is 2.14. The van der Waals surface area contributed by atoms with Crippen LogP contribution in [0.15, 0.2) is 28.7 Å². The number of benzene rings is 1. The van der Waals surface area contributed by atoms with Crippen molar-refractivity contribution in [1.29, 1.82) is 0 Å². The topological polar surface area (TPSA) is 97.5 Å². The summed E-state index contributed by atoms with van der Waals surface area (Å²) in [5.74, 6) is 0.239. The van der Waals surface area contributed by atoms with Gasteiger partial charge in [-0.15, -0.1) is 10.2 Å². The van der Waals surface area contributed by atoms with Crippen molar-refractivity contribution in [2.75, 3.05) is 6.61 Å². The Morgan fingerprint density at radius 2 is 2.05 bits per heavy atom. The van der Waals surface area contributed by atoms with E-state index in [2.05, 4.69) is 24.0 Å². The number of nitrogens with one attached hydrogen (secondary N) is 1. The second kappa shape index (κ2) is 6.16. The predicted molar refractivity (Wildman–Crippen MR) is 69.3 cm³/mol. The van der Waals surface area contributed by atoms with E-state index in [-0.39, 0.29) is 11.8 Å². The zero-order chi connectivity index (χ0) is 14.5. The van der Waals surface area contributed by atoms with Crippen molar-refractivity contribution < 1.29 is 19.2 Å². The van der Waals surface area contributed by atoms with Gasteiger partial charge in [0.1, 0.15) is 5.75 Å². The lowest BCUT2D eigenvalue weighted by Crippen LogP contribution is -2.18. The first kappa shape index (κ1) is 14.0. The number of aromatic nitrogens is 2. The Hall–Kier alpha value is -2.41. The lowest BCUT2D eigenvalue weighted by atomic mass is 10.2. The molecular formula is C13H15N3O4.